The third kappa shape index (κ3) is 4.05. The van der Waals surface area contributed by atoms with E-state index in [1.54, 1.807) is 0 Å². The molecule has 3 rings (SSSR count). The highest BCUT2D eigenvalue weighted by atomic mass is 35.5. The summed E-state index contributed by atoms with van der Waals surface area (Å²) in [5, 5.41) is 2.48. The summed E-state index contributed by atoms with van der Waals surface area (Å²) in [5.41, 5.74) is -1.74. The molecule has 1 aliphatic heterocycles. The molecule has 1 fully saturated rings. The standard InChI is InChI=1S/C18H9ClF4N2O2S/c19-11-1-3-13(4-2-11)25-16(27)14(15(26)24-17(25)28)7-9-5-10(18(21,22)23)8-12(20)6-9/h1-8H,(H,24,26,28). The van der Waals surface area contributed by atoms with Crippen LogP contribution in [0.4, 0.5) is 23.2 Å². The van der Waals surface area contributed by atoms with E-state index in [4.69, 9.17) is 23.8 Å². The van der Waals surface area contributed by atoms with Crippen LogP contribution in [0.3, 0.4) is 0 Å². The number of amides is 2. The maximum atomic E-state index is 13.6. The largest absolute Gasteiger partial charge is 0.416 e. The Kier molecular flexibility index (Phi) is 5.22. The zero-order valence-corrected chi connectivity index (χ0v) is 15.3. The minimum Gasteiger partial charge on any atom is -0.298 e. The van der Waals surface area contributed by atoms with Crippen LogP contribution >= 0.6 is 23.8 Å². The molecule has 2 aromatic rings. The quantitative estimate of drug-likeness (QED) is 0.335. The van der Waals surface area contributed by atoms with Crippen LogP contribution < -0.4 is 10.2 Å². The van der Waals surface area contributed by atoms with Crippen LogP contribution in [-0.2, 0) is 15.8 Å². The van der Waals surface area contributed by atoms with Gasteiger partial charge in [0.25, 0.3) is 11.8 Å². The van der Waals surface area contributed by atoms with E-state index in [-0.39, 0.29) is 10.7 Å². The Hall–Kier alpha value is -2.78. The number of nitrogens with one attached hydrogen (secondary N) is 1. The van der Waals surface area contributed by atoms with Gasteiger partial charge in [-0.05, 0) is 66.3 Å². The van der Waals surface area contributed by atoms with Crippen molar-refractivity contribution in [1.82, 2.24) is 5.32 Å². The molecule has 0 aliphatic carbocycles. The summed E-state index contributed by atoms with van der Waals surface area (Å²) in [6.45, 7) is 0. The van der Waals surface area contributed by atoms with E-state index in [1.807, 2.05) is 0 Å². The van der Waals surface area contributed by atoms with Gasteiger partial charge in [-0.1, -0.05) is 11.6 Å². The molecule has 2 aromatic carbocycles. The monoisotopic (exact) mass is 428 g/mol. The number of benzene rings is 2. The van der Waals surface area contributed by atoms with Crippen molar-refractivity contribution in [2.24, 2.45) is 0 Å². The highest BCUT2D eigenvalue weighted by Gasteiger charge is 2.35. The number of alkyl halides is 3. The number of halogens is 5. The van der Waals surface area contributed by atoms with Gasteiger partial charge in [-0.25, -0.2) is 4.39 Å². The van der Waals surface area contributed by atoms with E-state index in [0.717, 1.165) is 17.0 Å². The molecular formula is C18H9ClF4N2O2S. The Balaban J connectivity index is 2.04. The first kappa shape index (κ1) is 20.0. The van der Waals surface area contributed by atoms with Crippen molar-refractivity contribution in [3.05, 3.63) is 70.0 Å². The summed E-state index contributed by atoms with van der Waals surface area (Å²) in [7, 11) is 0. The van der Waals surface area contributed by atoms with Crippen LogP contribution in [0, 0.1) is 5.82 Å². The van der Waals surface area contributed by atoms with Gasteiger partial charge in [0.15, 0.2) is 5.11 Å². The minimum atomic E-state index is -4.79. The molecule has 4 nitrogen and oxygen atoms in total. The predicted molar refractivity (Wildman–Crippen MR) is 99.1 cm³/mol. The molecule has 0 unspecified atom stereocenters. The van der Waals surface area contributed by atoms with E-state index in [9.17, 15) is 27.2 Å². The van der Waals surface area contributed by atoms with Crippen molar-refractivity contribution in [3.8, 4) is 0 Å². The number of carbonyl (C=O) groups excluding carboxylic acids is 2. The molecule has 0 bridgehead atoms. The van der Waals surface area contributed by atoms with Crippen molar-refractivity contribution in [2.45, 2.75) is 6.18 Å². The Morgan fingerprint density at radius 1 is 1.07 bits per heavy atom. The lowest BCUT2D eigenvalue weighted by molar-refractivity contribution is -0.137. The Bertz CT molecular complexity index is 1020. The first-order valence-electron chi connectivity index (χ1n) is 7.61. The summed E-state index contributed by atoms with van der Waals surface area (Å²) in [6.07, 6.45) is -3.91. The highest BCUT2D eigenvalue weighted by molar-refractivity contribution is 7.80. The van der Waals surface area contributed by atoms with E-state index in [0.29, 0.717) is 22.8 Å². The number of thiocarbonyl (C=S) groups is 1. The number of hydrogen-bond acceptors (Lipinski definition) is 3. The zero-order valence-electron chi connectivity index (χ0n) is 13.7. The molecule has 10 heteroatoms. The maximum absolute atomic E-state index is 13.6. The first-order chi connectivity index (χ1) is 13.1. The van der Waals surface area contributed by atoms with Crippen molar-refractivity contribution in [3.63, 3.8) is 0 Å². The van der Waals surface area contributed by atoms with Gasteiger partial charge in [0.05, 0.1) is 11.3 Å². The fourth-order valence-corrected chi connectivity index (χ4v) is 2.92. The van der Waals surface area contributed by atoms with Crippen molar-refractivity contribution in [1.29, 1.82) is 0 Å². The van der Waals surface area contributed by atoms with E-state index in [2.05, 4.69) is 5.32 Å². The van der Waals surface area contributed by atoms with Crippen LogP contribution in [-0.4, -0.2) is 16.9 Å². The maximum Gasteiger partial charge on any atom is 0.416 e. The number of nitrogens with zero attached hydrogens (tertiary/aromatic N) is 1. The molecule has 144 valence electrons. The summed E-state index contributed by atoms with van der Waals surface area (Å²) in [4.78, 5) is 25.9. The second-order valence-electron chi connectivity index (χ2n) is 5.71. The molecule has 0 spiro atoms. The van der Waals surface area contributed by atoms with Gasteiger partial charge in [0.2, 0.25) is 0 Å². The Morgan fingerprint density at radius 3 is 2.32 bits per heavy atom. The molecule has 1 heterocycles. The van der Waals surface area contributed by atoms with Crippen LogP contribution in [0.1, 0.15) is 11.1 Å². The van der Waals surface area contributed by atoms with Crippen molar-refractivity contribution >= 4 is 52.5 Å². The first-order valence-corrected chi connectivity index (χ1v) is 8.40. The average molecular weight is 429 g/mol. The van der Waals surface area contributed by atoms with E-state index < -0.39 is 34.9 Å². The highest BCUT2D eigenvalue weighted by Crippen LogP contribution is 2.31. The molecule has 0 atom stereocenters. The van der Waals surface area contributed by atoms with Gasteiger partial charge in [-0.15, -0.1) is 0 Å². The number of carbonyl (C=O) groups is 2. The SMILES string of the molecule is O=C1NC(=S)N(c2ccc(Cl)cc2)C(=O)C1=Cc1cc(F)cc(C(F)(F)F)c1. The Morgan fingerprint density at radius 2 is 1.71 bits per heavy atom. The van der Waals surface area contributed by atoms with Crippen molar-refractivity contribution < 1.29 is 27.2 Å². The second kappa shape index (κ2) is 7.33. The molecule has 28 heavy (non-hydrogen) atoms. The summed E-state index contributed by atoms with van der Waals surface area (Å²) >= 11 is 10.8. The van der Waals surface area contributed by atoms with Crippen LogP contribution in [0.5, 0.6) is 0 Å². The van der Waals surface area contributed by atoms with Gasteiger partial charge in [-0.2, -0.15) is 13.2 Å². The fourth-order valence-electron chi connectivity index (χ4n) is 2.51. The lowest BCUT2D eigenvalue weighted by Crippen LogP contribution is -2.54. The molecule has 1 aliphatic rings. The zero-order chi connectivity index (χ0) is 20.6. The number of hydrogen-bond donors (Lipinski definition) is 1. The summed E-state index contributed by atoms with van der Waals surface area (Å²) in [6, 6.07) is 7.68. The second-order valence-corrected chi connectivity index (χ2v) is 6.53. The molecular weight excluding hydrogens is 420 g/mol. The molecule has 0 saturated carbocycles. The third-order valence-electron chi connectivity index (χ3n) is 3.74. The normalized spacial score (nSPS) is 16.5. The predicted octanol–water partition coefficient (Wildman–Crippen LogP) is 4.33. The van der Waals surface area contributed by atoms with Crippen LogP contribution in [0.15, 0.2) is 48.0 Å². The van der Waals surface area contributed by atoms with Gasteiger partial charge >= 0.3 is 6.18 Å². The third-order valence-corrected chi connectivity index (χ3v) is 4.28. The van der Waals surface area contributed by atoms with Gasteiger partial charge < -0.3 is 0 Å². The van der Waals surface area contributed by atoms with Crippen LogP contribution in [0.25, 0.3) is 6.08 Å². The molecule has 1 saturated heterocycles. The average Bonchev–Trinajstić information content (AvgIpc) is 2.59. The number of anilines is 1. The smallest absolute Gasteiger partial charge is 0.298 e. The lowest BCUT2D eigenvalue weighted by Gasteiger charge is -2.29. The molecule has 0 aromatic heterocycles. The molecule has 0 radical (unpaired) electrons. The molecule has 2 amide bonds. The van der Waals surface area contributed by atoms with Gasteiger partial charge in [0, 0.05) is 5.02 Å². The lowest BCUT2D eigenvalue weighted by atomic mass is 10.0. The van der Waals surface area contributed by atoms with Crippen LogP contribution in [0.2, 0.25) is 5.02 Å². The Labute approximate surface area is 166 Å². The van der Waals surface area contributed by atoms with E-state index >= 15 is 0 Å². The fraction of sp³-hybridized carbons (Fsp3) is 0.0556. The van der Waals surface area contributed by atoms with E-state index in [1.165, 1.54) is 24.3 Å². The van der Waals surface area contributed by atoms with Gasteiger partial charge in [0.1, 0.15) is 11.4 Å². The molecule has 1 N–H and O–H groups in total. The topological polar surface area (TPSA) is 49.4 Å². The van der Waals surface area contributed by atoms with Gasteiger partial charge in [-0.3, -0.25) is 19.8 Å². The summed E-state index contributed by atoms with van der Waals surface area (Å²) < 4.78 is 52.2. The number of rotatable bonds is 2. The summed E-state index contributed by atoms with van der Waals surface area (Å²) in [5.74, 6) is -2.93. The van der Waals surface area contributed by atoms with Crippen molar-refractivity contribution in [2.75, 3.05) is 4.90 Å². The minimum absolute atomic E-state index is 0.204.